The van der Waals surface area contributed by atoms with E-state index >= 15 is 0 Å². The number of hydrogen-bond acceptors (Lipinski definition) is 5. The minimum atomic E-state index is 0.0567. The van der Waals surface area contributed by atoms with Gasteiger partial charge < -0.3 is 19.9 Å². The SMILES string of the molecule is CC(N)Cc1cc2c(cc1OCc1sccc1Br)OCO2. The van der Waals surface area contributed by atoms with E-state index < -0.39 is 0 Å². The molecule has 0 aliphatic carbocycles. The van der Waals surface area contributed by atoms with Crippen LogP contribution in [0.5, 0.6) is 17.2 Å². The Balaban J connectivity index is 1.83. The summed E-state index contributed by atoms with van der Waals surface area (Å²) in [6, 6.07) is 5.93. The van der Waals surface area contributed by atoms with Crippen LogP contribution in [0.3, 0.4) is 0 Å². The largest absolute Gasteiger partial charge is 0.488 e. The zero-order chi connectivity index (χ0) is 14.8. The lowest BCUT2D eigenvalue weighted by Gasteiger charge is -2.14. The Labute approximate surface area is 135 Å². The highest BCUT2D eigenvalue weighted by atomic mass is 79.9. The summed E-state index contributed by atoms with van der Waals surface area (Å²) in [4.78, 5) is 1.15. The van der Waals surface area contributed by atoms with Crippen molar-refractivity contribution in [3.63, 3.8) is 0 Å². The van der Waals surface area contributed by atoms with Crippen molar-refractivity contribution in [2.45, 2.75) is 26.0 Å². The number of benzene rings is 1. The van der Waals surface area contributed by atoms with E-state index in [1.54, 1.807) is 11.3 Å². The second kappa shape index (κ2) is 6.25. The Kier molecular flexibility index (Phi) is 4.37. The molecule has 3 rings (SSSR count). The molecule has 0 fully saturated rings. The van der Waals surface area contributed by atoms with Gasteiger partial charge in [0, 0.05) is 16.6 Å². The van der Waals surface area contributed by atoms with E-state index in [1.807, 2.05) is 30.5 Å². The van der Waals surface area contributed by atoms with Crippen molar-refractivity contribution < 1.29 is 14.2 Å². The van der Waals surface area contributed by atoms with Gasteiger partial charge in [0.2, 0.25) is 6.79 Å². The average Bonchev–Trinajstić information content (AvgIpc) is 3.04. The van der Waals surface area contributed by atoms with Crippen molar-refractivity contribution in [3.05, 3.63) is 38.5 Å². The predicted molar refractivity (Wildman–Crippen MR) is 86.3 cm³/mol. The van der Waals surface area contributed by atoms with Crippen molar-refractivity contribution in [1.29, 1.82) is 0 Å². The van der Waals surface area contributed by atoms with Gasteiger partial charge in [0.15, 0.2) is 11.5 Å². The number of thiophene rings is 1. The second-order valence-corrected chi connectivity index (χ2v) is 6.83. The third kappa shape index (κ3) is 3.33. The number of halogens is 1. The third-order valence-electron chi connectivity index (χ3n) is 3.15. The minimum absolute atomic E-state index is 0.0567. The van der Waals surface area contributed by atoms with Crippen LogP contribution in [0.1, 0.15) is 17.4 Å². The molecule has 2 N–H and O–H groups in total. The summed E-state index contributed by atoms with van der Waals surface area (Å²) in [6.45, 7) is 2.75. The summed E-state index contributed by atoms with van der Waals surface area (Å²) in [7, 11) is 0. The first-order valence-corrected chi connectivity index (χ1v) is 8.33. The molecule has 0 radical (unpaired) electrons. The molecule has 1 aliphatic heterocycles. The van der Waals surface area contributed by atoms with Crippen molar-refractivity contribution in [2.75, 3.05) is 6.79 Å². The first-order chi connectivity index (χ1) is 10.1. The molecule has 2 aromatic rings. The Morgan fingerprint density at radius 2 is 2.14 bits per heavy atom. The maximum absolute atomic E-state index is 5.98. The molecule has 0 bridgehead atoms. The van der Waals surface area contributed by atoms with Gasteiger partial charge in [-0.3, -0.25) is 0 Å². The molecule has 0 saturated heterocycles. The molecule has 1 atom stereocenters. The highest BCUT2D eigenvalue weighted by molar-refractivity contribution is 9.10. The molecule has 1 aliphatic rings. The van der Waals surface area contributed by atoms with Gasteiger partial charge in [0.05, 0.1) is 4.88 Å². The number of fused-ring (bicyclic) bond motifs is 1. The summed E-state index contributed by atoms with van der Waals surface area (Å²) >= 11 is 5.18. The van der Waals surface area contributed by atoms with Gasteiger partial charge in [-0.2, -0.15) is 0 Å². The summed E-state index contributed by atoms with van der Waals surface area (Å²) in [6.07, 6.45) is 0.734. The molecule has 1 aromatic heterocycles. The fourth-order valence-electron chi connectivity index (χ4n) is 2.18. The first kappa shape index (κ1) is 14.7. The lowest BCUT2D eigenvalue weighted by molar-refractivity contribution is 0.173. The summed E-state index contributed by atoms with van der Waals surface area (Å²) in [5, 5.41) is 2.03. The van der Waals surface area contributed by atoms with Gasteiger partial charge in [0.25, 0.3) is 0 Å². The number of nitrogens with two attached hydrogens (primary N) is 1. The molecule has 2 heterocycles. The maximum Gasteiger partial charge on any atom is 0.231 e. The lowest BCUT2D eigenvalue weighted by atomic mass is 10.1. The average molecular weight is 370 g/mol. The topological polar surface area (TPSA) is 53.7 Å². The first-order valence-electron chi connectivity index (χ1n) is 6.66. The van der Waals surface area contributed by atoms with E-state index in [0.717, 1.165) is 38.6 Å². The van der Waals surface area contributed by atoms with Crippen molar-refractivity contribution >= 4 is 27.3 Å². The Bertz CT molecular complexity index is 642. The molecule has 112 valence electrons. The van der Waals surface area contributed by atoms with Gasteiger partial charge in [-0.1, -0.05) is 0 Å². The molecule has 0 spiro atoms. The molecule has 0 amide bonds. The molecule has 4 nitrogen and oxygen atoms in total. The number of ether oxygens (including phenoxy) is 3. The molecule has 6 heteroatoms. The molecular weight excluding hydrogens is 354 g/mol. The van der Waals surface area contributed by atoms with E-state index in [9.17, 15) is 0 Å². The molecule has 1 unspecified atom stereocenters. The van der Waals surface area contributed by atoms with E-state index in [-0.39, 0.29) is 12.8 Å². The second-order valence-electron chi connectivity index (χ2n) is 4.97. The van der Waals surface area contributed by atoms with Gasteiger partial charge in [0.1, 0.15) is 12.4 Å². The van der Waals surface area contributed by atoms with E-state index in [4.69, 9.17) is 19.9 Å². The predicted octanol–water partition coefficient (Wildman–Crippen LogP) is 3.71. The van der Waals surface area contributed by atoms with Crippen LogP contribution in [-0.2, 0) is 13.0 Å². The van der Waals surface area contributed by atoms with E-state index in [0.29, 0.717) is 6.61 Å². The summed E-state index contributed by atoms with van der Waals surface area (Å²) < 4.78 is 17.9. The smallest absolute Gasteiger partial charge is 0.231 e. The van der Waals surface area contributed by atoms with Crippen LogP contribution < -0.4 is 19.9 Å². The van der Waals surface area contributed by atoms with Crippen molar-refractivity contribution in [2.24, 2.45) is 5.73 Å². The fraction of sp³-hybridized carbons (Fsp3) is 0.333. The summed E-state index contributed by atoms with van der Waals surface area (Å²) in [5.74, 6) is 2.29. The zero-order valence-corrected chi connectivity index (χ0v) is 14.0. The summed E-state index contributed by atoms with van der Waals surface area (Å²) in [5.41, 5.74) is 6.96. The van der Waals surface area contributed by atoms with Crippen molar-refractivity contribution in [1.82, 2.24) is 0 Å². The number of rotatable bonds is 5. The van der Waals surface area contributed by atoms with Gasteiger partial charge in [-0.25, -0.2) is 0 Å². The highest BCUT2D eigenvalue weighted by Crippen LogP contribution is 2.39. The molecule has 21 heavy (non-hydrogen) atoms. The van der Waals surface area contributed by atoms with Gasteiger partial charge >= 0.3 is 0 Å². The van der Waals surface area contributed by atoms with Gasteiger partial charge in [-0.05, 0) is 52.4 Å². The molecule has 1 aromatic carbocycles. The highest BCUT2D eigenvalue weighted by Gasteiger charge is 2.19. The quantitative estimate of drug-likeness (QED) is 0.872. The van der Waals surface area contributed by atoms with Crippen LogP contribution in [0.2, 0.25) is 0 Å². The van der Waals surface area contributed by atoms with Crippen LogP contribution >= 0.6 is 27.3 Å². The lowest BCUT2D eigenvalue weighted by Crippen LogP contribution is -2.18. The monoisotopic (exact) mass is 369 g/mol. The van der Waals surface area contributed by atoms with Crippen LogP contribution in [0.4, 0.5) is 0 Å². The standard InChI is InChI=1S/C15H16BrNO3S/c1-9(17)4-10-5-13-14(20-8-19-13)6-12(10)18-7-15-11(16)2-3-21-15/h2-3,5-6,9H,4,7-8,17H2,1H3. The fourth-order valence-corrected chi connectivity index (χ4v) is 3.56. The van der Waals surface area contributed by atoms with Crippen molar-refractivity contribution in [3.8, 4) is 17.2 Å². The van der Waals surface area contributed by atoms with E-state index in [2.05, 4.69) is 15.9 Å². The maximum atomic E-state index is 5.98. The van der Waals surface area contributed by atoms with Gasteiger partial charge in [-0.15, -0.1) is 11.3 Å². The Morgan fingerprint density at radius 3 is 2.81 bits per heavy atom. The minimum Gasteiger partial charge on any atom is -0.488 e. The molecular formula is C15H16BrNO3S. The van der Waals surface area contributed by atoms with E-state index in [1.165, 1.54) is 0 Å². The zero-order valence-electron chi connectivity index (χ0n) is 11.6. The normalized spacial score (nSPS) is 14.2. The van der Waals surface area contributed by atoms with Crippen LogP contribution in [0.15, 0.2) is 28.1 Å². The van der Waals surface area contributed by atoms with Crippen LogP contribution in [0, 0.1) is 0 Å². The third-order valence-corrected chi connectivity index (χ3v) is 5.05. The van der Waals surface area contributed by atoms with Crippen LogP contribution in [0.25, 0.3) is 0 Å². The Morgan fingerprint density at radius 1 is 1.38 bits per heavy atom. The van der Waals surface area contributed by atoms with Crippen LogP contribution in [-0.4, -0.2) is 12.8 Å². The number of hydrogen-bond donors (Lipinski definition) is 1. The Hall–Kier alpha value is -1.24. The molecule has 0 saturated carbocycles.